The van der Waals surface area contributed by atoms with E-state index in [1.807, 2.05) is 25.1 Å². The molecule has 176 valence electrons. The summed E-state index contributed by atoms with van der Waals surface area (Å²) in [6, 6.07) is 6.03. The topological polar surface area (TPSA) is 77.5 Å². The Hall–Kier alpha value is -3.03. The van der Waals surface area contributed by atoms with Crippen LogP contribution in [0, 0.1) is 6.92 Å². The zero-order valence-electron chi connectivity index (χ0n) is 18.9. The Morgan fingerprint density at radius 1 is 1.33 bits per heavy atom. The number of carbonyl (C=O) groups is 1. The molecule has 0 saturated carbocycles. The average molecular weight is 454 g/mol. The summed E-state index contributed by atoms with van der Waals surface area (Å²) in [5, 5.41) is 8.97. The van der Waals surface area contributed by atoms with Crippen LogP contribution in [-0.4, -0.2) is 48.3 Å². The molecule has 2 heterocycles. The summed E-state index contributed by atoms with van der Waals surface area (Å²) in [7, 11) is 0. The van der Waals surface area contributed by atoms with Crippen LogP contribution in [0.1, 0.15) is 42.9 Å². The first kappa shape index (κ1) is 23.1. The van der Waals surface area contributed by atoms with Crippen LogP contribution in [0.2, 0.25) is 0 Å². The normalized spacial score (nSPS) is 21.4. The molecule has 1 aliphatic carbocycles. The summed E-state index contributed by atoms with van der Waals surface area (Å²) in [5.74, 6) is 0.619. The minimum absolute atomic E-state index is 0.0838. The number of aryl methyl sites for hydroxylation is 1. The van der Waals surface area contributed by atoms with Gasteiger partial charge < -0.3 is 24.1 Å². The first-order valence-corrected chi connectivity index (χ1v) is 11.4. The molecule has 0 aromatic heterocycles. The lowest BCUT2D eigenvalue weighted by atomic mass is 9.98. The van der Waals surface area contributed by atoms with E-state index in [0.29, 0.717) is 25.5 Å². The standard InChI is InChI=1S/C26H31NO6/c1-19-15-21(7-8-22(19)24-17-27(11-12-31-24)10-9-26(28)29)33-23(25-18-30-13-14-32-25)16-20-5-3-2-4-6-20/h2-3,5,7-8,13-15,18,23-24H,4,6,9-12,16-17H2,1H3,(H,28,29). The lowest BCUT2D eigenvalue weighted by Gasteiger charge is -2.33. The Balaban J connectivity index is 1.45. The van der Waals surface area contributed by atoms with Crippen LogP contribution in [0.4, 0.5) is 0 Å². The minimum atomic E-state index is -0.775. The van der Waals surface area contributed by atoms with E-state index in [4.69, 9.17) is 24.1 Å². The van der Waals surface area contributed by atoms with Crippen LogP contribution < -0.4 is 4.74 Å². The molecule has 2 unspecified atom stereocenters. The van der Waals surface area contributed by atoms with Gasteiger partial charge in [0.05, 0.1) is 19.1 Å². The highest BCUT2D eigenvalue weighted by Crippen LogP contribution is 2.31. The maximum Gasteiger partial charge on any atom is 0.304 e. The minimum Gasteiger partial charge on any atom is -0.482 e. The molecule has 2 aliphatic heterocycles. The van der Waals surface area contributed by atoms with Crippen molar-refractivity contribution in [2.45, 2.75) is 44.8 Å². The Kier molecular flexibility index (Phi) is 7.86. The van der Waals surface area contributed by atoms with Gasteiger partial charge in [0, 0.05) is 26.1 Å². The molecule has 1 aromatic carbocycles. The summed E-state index contributed by atoms with van der Waals surface area (Å²) in [4.78, 5) is 13.1. The molecule has 1 fully saturated rings. The van der Waals surface area contributed by atoms with E-state index in [1.54, 1.807) is 6.26 Å². The third-order valence-electron chi connectivity index (χ3n) is 6.05. The Labute approximate surface area is 194 Å². The summed E-state index contributed by atoms with van der Waals surface area (Å²) >= 11 is 0. The molecule has 0 spiro atoms. The lowest BCUT2D eigenvalue weighted by molar-refractivity contribution is -0.137. The van der Waals surface area contributed by atoms with Gasteiger partial charge in [-0.3, -0.25) is 9.69 Å². The summed E-state index contributed by atoms with van der Waals surface area (Å²) in [6.45, 7) is 4.61. The Morgan fingerprint density at radius 2 is 2.24 bits per heavy atom. The van der Waals surface area contributed by atoms with Crippen LogP contribution in [0.15, 0.2) is 66.5 Å². The number of allylic oxidation sites excluding steroid dienone is 3. The van der Waals surface area contributed by atoms with Crippen molar-refractivity contribution in [1.82, 2.24) is 4.90 Å². The number of carboxylic acid groups (broad SMARTS) is 1. The summed E-state index contributed by atoms with van der Waals surface area (Å²) < 4.78 is 23.4. The second kappa shape index (κ2) is 11.2. The predicted octanol–water partition coefficient (Wildman–Crippen LogP) is 4.62. The van der Waals surface area contributed by atoms with E-state index in [1.165, 1.54) is 18.1 Å². The van der Waals surface area contributed by atoms with Crippen molar-refractivity contribution in [3.63, 3.8) is 0 Å². The van der Waals surface area contributed by atoms with E-state index in [0.717, 1.165) is 42.7 Å². The van der Waals surface area contributed by atoms with Crippen LogP contribution in [0.25, 0.3) is 0 Å². The summed E-state index contributed by atoms with van der Waals surface area (Å²) in [6.07, 6.45) is 13.5. The van der Waals surface area contributed by atoms with Crippen molar-refractivity contribution in [3.8, 4) is 5.75 Å². The van der Waals surface area contributed by atoms with Crippen LogP contribution in [-0.2, 0) is 19.0 Å². The quantitative estimate of drug-likeness (QED) is 0.585. The number of ether oxygens (including phenoxy) is 4. The molecule has 0 bridgehead atoms. The zero-order chi connectivity index (χ0) is 23.0. The molecule has 33 heavy (non-hydrogen) atoms. The van der Waals surface area contributed by atoms with Gasteiger partial charge in [-0.25, -0.2) is 0 Å². The molecule has 1 N–H and O–H groups in total. The number of hydrogen-bond acceptors (Lipinski definition) is 6. The number of aliphatic carboxylic acids is 1. The highest BCUT2D eigenvalue weighted by molar-refractivity contribution is 5.66. The third kappa shape index (κ3) is 6.49. The van der Waals surface area contributed by atoms with Crippen molar-refractivity contribution in [1.29, 1.82) is 0 Å². The SMILES string of the molecule is Cc1cc(OC(CC2=CC=CCC2)C2=COC=CO2)ccc1C1CN(CCC(=O)O)CCO1. The molecule has 1 aromatic rings. The fourth-order valence-electron chi connectivity index (χ4n) is 4.28. The second-order valence-corrected chi connectivity index (χ2v) is 8.47. The molecule has 4 rings (SSSR count). The van der Waals surface area contributed by atoms with Gasteiger partial charge in [0.25, 0.3) is 0 Å². The molecule has 7 nitrogen and oxygen atoms in total. The highest BCUT2D eigenvalue weighted by Gasteiger charge is 2.25. The zero-order valence-corrected chi connectivity index (χ0v) is 18.9. The molecular weight excluding hydrogens is 422 g/mol. The van der Waals surface area contributed by atoms with Crippen LogP contribution >= 0.6 is 0 Å². The van der Waals surface area contributed by atoms with Gasteiger partial charge >= 0.3 is 5.97 Å². The molecule has 0 radical (unpaired) electrons. The van der Waals surface area contributed by atoms with Crippen LogP contribution in [0.5, 0.6) is 5.75 Å². The average Bonchev–Trinajstić information content (AvgIpc) is 2.84. The molecule has 7 heteroatoms. The van der Waals surface area contributed by atoms with E-state index < -0.39 is 5.97 Å². The highest BCUT2D eigenvalue weighted by atomic mass is 16.6. The van der Waals surface area contributed by atoms with Gasteiger partial charge in [0.1, 0.15) is 24.5 Å². The van der Waals surface area contributed by atoms with Crippen LogP contribution in [0.3, 0.4) is 0 Å². The van der Waals surface area contributed by atoms with Gasteiger partial charge in [-0.15, -0.1) is 0 Å². The van der Waals surface area contributed by atoms with Gasteiger partial charge in [-0.1, -0.05) is 29.9 Å². The summed E-state index contributed by atoms with van der Waals surface area (Å²) in [5.41, 5.74) is 3.48. The maximum atomic E-state index is 10.9. The fourth-order valence-corrected chi connectivity index (χ4v) is 4.28. The fraction of sp³-hybridized carbons (Fsp3) is 0.423. The van der Waals surface area contributed by atoms with E-state index in [9.17, 15) is 4.79 Å². The Bertz CT molecular complexity index is 964. The van der Waals surface area contributed by atoms with Crippen molar-refractivity contribution < 1.29 is 28.8 Å². The van der Waals surface area contributed by atoms with Crippen molar-refractivity contribution >= 4 is 5.97 Å². The van der Waals surface area contributed by atoms with E-state index >= 15 is 0 Å². The van der Waals surface area contributed by atoms with Gasteiger partial charge in [-0.05, 0) is 43.0 Å². The number of hydrogen-bond donors (Lipinski definition) is 1. The first-order valence-electron chi connectivity index (χ1n) is 11.4. The smallest absolute Gasteiger partial charge is 0.304 e. The number of rotatable bonds is 9. The lowest BCUT2D eigenvalue weighted by Crippen LogP contribution is -2.39. The maximum absolute atomic E-state index is 10.9. The Morgan fingerprint density at radius 3 is 2.97 bits per heavy atom. The van der Waals surface area contributed by atoms with E-state index in [-0.39, 0.29) is 18.6 Å². The number of nitrogens with zero attached hydrogens (tertiary/aromatic N) is 1. The second-order valence-electron chi connectivity index (χ2n) is 8.47. The van der Waals surface area contributed by atoms with E-state index in [2.05, 4.69) is 23.1 Å². The monoisotopic (exact) mass is 453 g/mol. The largest absolute Gasteiger partial charge is 0.482 e. The van der Waals surface area contributed by atoms with Gasteiger partial charge in [0.15, 0.2) is 11.9 Å². The van der Waals surface area contributed by atoms with Crippen molar-refractivity contribution in [2.75, 3.05) is 26.2 Å². The number of carboxylic acids is 1. The molecule has 0 amide bonds. The molecular formula is C26H31NO6. The molecule has 1 saturated heterocycles. The first-order chi connectivity index (χ1) is 16.1. The molecule has 2 atom stereocenters. The number of benzene rings is 1. The molecule has 3 aliphatic rings. The van der Waals surface area contributed by atoms with Gasteiger partial charge in [-0.2, -0.15) is 0 Å². The van der Waals surface area contributed by atoms with Crippen molar-refractivity contribution in [3.05, 3.63) is 77.7 Å². The number of morpholine rings is 1. The third-order valence-corrected chi connectivity index (χ3v) is 6.05. The predicted molar refractivity (Wildman–Crippen MR) is 123 cm³/mol. The van der Waals surface area contributed by atoms with Gasteiger partial charge in [0.2, 0.25) is 0 Å². The van der Waals surface area contributed by atoms with Crippen molar-refractivity contribution in [2.24, 2.45) is 0 Å².